The van der Waals surface area contributed by atoms with E-state index in [0.717, 1.165) is 36.8 Å². The highest BCUT2D eigenvalue weighted by atomic mass is 32.2. The number of pyridine rings is 1. The molecule has 1 aromatic carbocycles. The molecular formula is C23H29N3O5S. The Hall–Kier alpha value is -2.68. The highest BCUT2D eigenvalue weighted by Gasteiger charge is 2.36. The van der Waals surface area contributed by atoms with Gasteiger partial charge in [-0.3, -0.25) is 4.79 Å². The predicted molar refractivity (Wildman–Crippen MR) is 123 cm³/mol. The zero-order chi connectivity index (χ0) is 22.9. The number of carbonyl (C=O) groups excluding carboxylic acids is 2. The van der Waals surface area contributed by atoms with Crippen molar-refractivity contribution in [2.75, 3.05) is 36.0 Å². The molecule has 0 saturated carbocycles. The van der Waals surface area contributed by atoms with Crippen molar-refractivity contribution in [3.63, 3.8) is 0 Å². The van der Waals surface area contributed by atoms with Crippen LogP contribution < -0.4 is 4.90 Å². The summed E-state index contributed by atoms with van der Waals surface area (Å²) in [4.78, 5) is 34.5. The van der Waals surface area contributed by atoms with Gasteiger partial charge in [-0.1, -0.05) is 18.2 Å². The van der Waals surface area contributed by atoms with Gasteiger partial charge in [-0.15, -0.1) is 0 Å². The van der Waals surface area contributed by atoms with E-state index in [2.05, 4.69) is 4.90 Å². The second-order valence-corrected chi connectivity index (χ2v) is 10.7. The lowest BCUT2D eigenvalue weighted by Crippen LogP contribution is -2.46. The Morgan fingerprint density at radius 2 is 1.97 bits per heavy atom. The van der Waals surface area contributed by atoms with Gasteiger partial charge in [0.2, 0.25) is 0 Å². The average Bonchev–Trinajstić information content (AvgIpc) is 3.43. The number of para-hydroxylation sites is 1. The first-order valence-electron chi connectivity index (χ1n) is 11.2. The van der Waals surface area contributed by atoms with Gasteiger partial charge in [0.15, 0.2) is 15.9 Å². The zero-order valence-corrected chi connectivity index (χ0v) is 19.3. The van der Waals surface area contributed by atoms with E-state index in [1.165, 1.54) is 11.8 Å². The number of rotatable bonds is 6. The Morgan fingerprint density at radius 1 is 1.25 bits per heavy atom. The van der Waals surface area contributed by atoms with Crippen molar-refractivity contribution in [3.8, 4) is 0 Å². The molecule has 0 N–H and O–H groups in total. The molecule has 8 nitrogen and oxygen atoms in total. The van der Waals surface area contributed by atoms with Crippen LogP contribution in [0.25, 0.3) is 10.9 Å². The molecule has 0 radical (unpaired) electrons. The van der Waals surface area contributed by atoms with E-state index >= 15 is 0 Å². The van der Waals surface area contributed by atoms with Crippen LogP contribution >= 0.6 is 0 Å². The maximum atomic E-state index is 13.2. The Kier molecular flexibility index (Phi) is 6.37. The second kappa shape index (κ2) is 9.05. The van der Waals surface area contributed by atoms with Crippen molar-refractivity contribution >= 4 is 38.4 Å². The van der Waals surface area contributed by atoms with Crippen molar-refractivity contribution < 1.29 is 22.7 Å². The lowest BCUT2D eigenvalue weighted by Gasteiger charge is -2.29. The van der Waals surface area contributed by atoms with E-state index in [1.807, 2.05) is 24.3 Å². The molecule has 2 aliphatic heterocycles. The lowest BCUT2D eigenvalue weighted by molar-refractivity contribution is -0.141. The summed E-state index contributed by atoms with van der Waals surface area (Å²) in [6, 6.07) is 8.99. The molecule has 2 atom stereocenters. The predicted octanol–water partition coefficient (Wildman–Crippen LogP) is 2.42. The number of esters is 1. The summed E-state index contributed by atoms with van der Waals surface area (Å²) in [6.07, 6.45) is 1.46. The monoisotopic (exact) mass is 459 g/mol. The minimum Gasteiger partial charge on any atom is -0.449 e. The van der Waals surface area contributed by atoms with Crippen LogP contribution in [0.15, 0.2) is 30.3 Å². The van der Waals surface area contributed by atoms with Crippen molar-refractivity contribution in [2.45, 2.75) is 45.3 Å². The number of nitrogens with zero attached hydrogens (tertiary/aromatic N) is 3. The molecule has 172 valence electrons. The number of likely N-dealkylation sites (N-methyl/N-ethyl adjacent to an activating group) is 1. The van der Waals surface area contributed by atoms with Crippen LogP contribution in [0.4, 0.5) is 5.82 Å². The summed E-state index contributed by atoms with van der Waals surface area (Å²) in [6.45, 7) is 5.34. The molecule has 2 fully saturated rings. The number of aromatic nitrogens is 1. The van der Waals surface area contributed by atoms with Gasteiger partial charge in [0.1, 0.15) is 11.4 Å². The van der Waals surface area contributed by atoms with E-state index in [4.69, 9.17) is 9.72 Å². The first kappa shape index (κ1) is 22.5. The number of benzene rings is 1. The number of hydrogen-bond donors (Lipinski definition) is 0. The molecule has 2 aliphatic rings. The van der Waals surface area contributed by atoms with Gasteiger partial charge in [-0.2, -0.15) is 0 Å². The normalized spacial score (nSPS) is 20.9. The molecular weight excluding hydrogens is 430 g/mol. The number of sulfone groups is 1. The topological polar surface area (TPSA) is 96.9 Å². The molecule has 0 spiro atoms. The number of fused-ring (bicyclic) bond motifs is 1. The fourth-order valence-electron chi connectivity index (χ4n) is 4.55. The van der Waals surface area contributed by atoms with E-state index in [9.17, 15) is 18.0 Å². The smallest absolute Gasteiger partial charge is 0.342 e. The molecule has 3 heterocycles. The van der Waals surface area contributed by atoms with E-state index in [0.29, 0.717) is 24.3 Å². The van der Waals surface area contributed by atoms with E-state index < -0.39 is 21.9 Å². The fourth-order valence-corrected chi connectivity index (χ4v) is 6.28. The van der Waals surface area contributed by atoms with Crippen molar-refractivity contribution in [2.24, 2.45) is 0 Å². The van der Waals surface area contributed by atoms with Crippen LogP contribution in [0.5, 0.6) is 0 Å². The Morgan fingerprint density at radius 3 is 2.62 bits per heavy atom. The summed E-state index contributed by atoms with van der Waals surface area (Å²) in [5.41, 5.74) is 1.14. The highest BCUT2D eigenvalue weighted by molar-refractivity contribution is 7.91. The van der Waals surface area contributed by atoms with Crippen LogP contribution in [0.3, 0.4) is 0 Å². The largest absolute Gasteiger partial charge is 0.449 e. The van der Waals surface area contributed by atoms with Gasteiger partial charge in [0.05, 0.1) is 17.0 Å². The molecule has 2 saturated heterocycles. The molecule has 1 amide bonds. The maximum absolute atomic E-state index is 13.2. The number of anilines is 1. The molecule has 2 unspecified atom stereocenters. The first-order chi connectivity index (χ1) is 15.3. The molecule has 4 rings (SSSR count). The number of ether oxygens (including phenoxy) is 1. The standard InChI is InChI=1S/C23H29N3O5S/c1-3-26(18-10-13-32(29,30)15-18)22(27)16(2)31-23(28)19-14-17-8-4-5-9-20(17)24-21(19)25-11-6-7-12-25/h4-5,8-9,14,16,18H,3,6-7,10-13,15H2,1-2H3. The summed E-state index contributed by atoms with van der Waals surface area (Å²) < 4.78 is 29.3. The molecule has 2 aromatic rings. The zero-order valence-electron chi connectivity index (χ0n) is 18.5. The number of amides is 1. The highest BCUT2D eigenvalue weighted by Crippen LogP contribution is 2.28. The van der Waals surface area contributed by atoms with Crippen molar-refractivity contribution in [3.05, 3.63) is 35.9 Å². The quantitative estimate of drug-likeness (QED) is 0.612. The number of hydrogen-bond acceptors (Lipinski definition) is 7. The summed E-state index contributed by atoms with van der Waals surface area (Å²) in [5.74, 6) is -0.348. The van der Waals surface area contributed by atoms with Crippen LogP contribution in [0, 0.1) is 0 Å². The van der Waals surface area contributed by atoms with Crippen molar-refractivity contribution in [1.29, 1.82) is 0 Å². The van der Waals surface area contributed by atoms with E-state index in [1.54, 1.807) is 13.0 Å². The summed E-state index contributed by atoms with van der Waals surface area (Å²) in [7, 11) is -3.13. The Bertz CT molecular complexity index is 1130. The molecule has 1 aromatic heterocycles. The van der Waals surface area contributed by atoms with Gasteiger partial charge in [0.25, 0.3) is 5.91 Å². The average molecular weight is 460 g/mol. The molecule has 0 aliphatic carbocycles. The first-order valence-corrected chi connectivity index (χ1v) is 13.0. The van der Waals surface area contributed by atoms with Crippen LogP contribution in [0.1, 0.15) is 43.5 Å². The Labute approximate surface area is 188 Å². The van der Waals surface area contributed by atoms with Gasteiger partial charge in [-0.25, -0.2) is 18.2 Å². The van der Waals surface area contributed by atoms with Gasteiger partial charge < -0.3 is 14.5 Å². The minimum absolute atomic E-state index is 0.0407. The summed E-state index contributed by atoms with van der Waals surface area (Å²) >= 11 is 0. The third-order valence-electron chi connectivity index (χ3n) is 6.23. The molecule has 0 bridgehead atoms. The lowest BCUT2D eigenvalue weighted by atomic mass is 10.1. The third-order valence-corrected chi connectivity index (χ3v) is 7.98. The van der Waals surface area contributed by atoms with Crippen LogP contribution in [-0.2, 0) is 19.4 Å². The Balaban J connectivity index is 1.56. The van der Waals surface area contributed by atoms with Gasteiger partial charge >= 0.3 is 5.97 Å². The molecule has 32 heavy (non-hydrogen) atoms. The van der Waals surface area contributed by atoms with Crippen LogP contribution in [0.2, 0.25) is 0 Å². The summed E-state index contributed by atoms with van der Waals surface area (Å²) in [5, 5.41) is 0.827. The van der Waals surface area contributed by atoms with Gasteiger partial charge in [-0.05, 0) is 45.2 Å². The maximum Gasteiger partial charge on any atom is 0.342 e. The fraction of sp³-hybridized carbons (Fsp3) is 0.522. The number of carbonyl (C=O) groups is 2. The molecule has 9 heteroatoms. The van der Waals surface area contributed by atoms with Crippen LogP contribution in [-0.4, -0.2) is 73.5 Å². The second-order valence-electron chi connectivity index (χ2n) is 8.48. The van der Waals surface area contributed by atoms with E-state index in [-0.39, 0.29) is 23.5 Å². The minimum atomic E-state index is -3.13. The third kappa shape index (κ3) is 4.57. The van der Waals surface area contributed by atoms with Crippen molar-refractivity contribution in [1.82, 2.24) is 9.88 Å². The van der Waals surface area contributed by atoms with Gasteiger partial charge in [0, 0.05) is 31.1 Å². The SMILES string of the molecule is CCN(C(=O)C(C)OC(=O)c1cc2ccccc2nc1N1CCCC1)C1CCS(=O)(=O)C1.